The number of halogens is 1. The maximum atomic E-state index is 14.5. The van der Waals surface area contributed by atoms with Gasteiger partial charge in [-0.25, -0.2) is 9.18 Å². The van der Waals surface area contributed by atoms with E-state index in [0.29, 0.717) is 22.2 Å². The zero-order chi connectivity index (χ0) is 25.0. The highest BCUT2D eigenvalue weighted by Crippen LogP contribution is 2.29. The van der Waals surface area contributed by atoms with Crippen LogP contribution in [0.2, 0.25) is 0 Å². The number of unbranched alkanes of at least 4 members (excludes halogenated alkanes) is 5. The largest absolute Gasteiger partial charge is 0.484 e. The maximum absolute atomic E-state index is 14.5. The fraction of sp³-hybridized carbons (Fsp3) is 0.370. The average Bonchev–Trinajstić information content (AvgIpc) is 3.32. The summed E-state index contributed by atoms with van der Waals surface area (Å²) in [7, 11) is 3.89. The lowest BCUT2D eigenvalue weighted by Crippen LogP contribution is -2.07. The van der Waals surface area contributed by atoms with Crippen LogP contribution in [0, 0.1) is 5.82 Å². The van der Waals surface area contributed by atoms with Crippen LogP contribution < -0.4 is 14.4 Å². The molecule has 3 rings (SSSR count). The van der Waals surface area contributed by atoms with E-state index in [2.05, 4.69) is 17.2 Å². The predicted molar refractivity (Wildman–Crippen MR) is 139 cm³/mol. The molecule has 3 aromatic rings. The SMILES string of the molecule is CCCCCCCCOc1ccc(C(=O)Oc2ccc(N=Nc3ccc(N(C)C)cc3)c(F)c2)s1. The van der Waals surface area contributed by atoms with Crippen molar-refractivity contribution in [2.45, 2.75) is 45.4 Å². The van der Waals surface area contributed by atoms with E-state index in [1.807, 2.05) is 31.1 Å². The lowest BCUT2D eigenvalue weighted by molar-refractivity contribution is 0.0739. The molecule has 0 fully saturated rings. The first-order chi connectivity index (χ1) is 17.0. The van der Waals surface area contributed by atoms with E-state index in [4.69, 9.17) is 9.47 Å². The lowest BCUT2D eigenvalue weighted by Gasteiger charge is -2.11. The molecule has 0 aliphatic carbocycles. The molecule has 1 aromatic heterocycles. The van der Waals surface area contributed by atoms with Gasteiger partial charge < -0.3 is 14.4 Å². The van der Waals surface area contributed by atoms with Crippen molar-refractivity contribution in [2.75, 3.05) is 25.6 Å². The summed E-state index contributed by atoms with van der Waals surface area (Å²) < 4.78 is 25.5. The number of azo groups is 1. The number of hydrogen-bond acceptors (Lipinski definition) is 7. The van der Waals surface area contributed by atoms with E-state index in [0.717, 1.165) is 24.6 Å². The predicted octanol–water partition coefficient (Wildman–Crippen LogP) is 8.33. The minimum absolute atomic E-state index is 0.0583. The van der Waals surface area contributed by atoms with Gasteiger partial charge in [-0.05, 0) is 55.0 Å². The molecular formula is C27H32FN3O3S. The van der Waals surface area contributed by atoms with Gasteiger partial charge in [0.05, 0.1) is 12.3 Å². The number of carbonyl (C=O) groups excluding carboxylic acids is 1. The van der Waals surface area contributed by atoms with Crippen LogP contribution in [0.5, 0.6) is 10.8 Å². The number of anilines is 1. The first-order valence-electron chi connectivity index (χ1n) is 11.9. The monoisotopic (exact) mass is 497 g/mol. The number of rotatable bonds is 13. The minimum Gasteiger partial charge on any atom is -0.484 e. The van der Waals surface area contributed by atoms with Crippen LogP contribution in [0.3, 0.4) is 0 Å². The Labute approximate surface area is 210 Å². The molecule has 0 spiro atoms. The zero-order valence-corrected chi connectivity index (χ0v) is 21.3. The van der Waals surface area contributed by atoms with Crippen LogP contribution >= 0.6 is 11.3 Å². The standard InChI is InChI=1S/C27H32FN3O3S/c1-4-5-6-7-8-9-18-33-26-17-16-25(35-26)27(32)34-22-14-15-24(23(28)19-22)30-29-20-10-12-21(13-11-20)31(2)3/h10-17,19H,4-9,18H2,1-3H3. The Balaban J connectivity index is 1.50. The molecule has 1 heterocycles. The molecular weight excluding hydrogens is 465 g/mol. The number of esters is 1. The van der Waals surface area contributed by atoms with Crippen LogP contribution in [0.15, 0.2) is 64.8 Å². The zero-order valence-electron chi connectivity index (χ0n) is 20.5. The van der Waals surface area contributed by atoms with Crippen molar-refractivity contribution in [3.63, 3.8) is 0 Å². The van der Waals surface area contributed by atoms with Crippen molar-refractivity contribution >= 4 is 34.4 Å². The van der Waals surface area contributed by atoms with Gasteiger partial charge >= 0.3 is 5.97 Å². The fourth-order valence-electron chi connectivity index (χ4n) is 3.28. The van der Waals surface area contributed by atoms with Crippen molar-refractivity contribution in [1.29, 1.82) is 0 Å². The summed E-state index contributed by atoms with van der Waals surface area (Å²) in [5.74, 6) is -1.08. The third kappa shape index (κ3) is 8.47. The summed E-state index contributed by atoms with van der Waals surface area (Å²) >= 11 is 1.22. The second kappa shape index (κ2) is 13.6. The number of ether oxygens (including phenoxy) is 2. The molecule has 0 aliphatic rings. The Morgan fingerprint density at radius 3 is 2.40 bits per heavy atom. The third-order valence-electron chi connectivity index (χ3n) is 5.29. The summed E-state index contributed by atoms with van der Waals surface area (Å²) in [6, 6.07) is 14.9. The van der Waals surface area contributed by atoms with Gasteiger partial charge in [0.15, 0.2) is 10.9 Å². The van der Waals surface area contributed by atoms with Gasteiger partial charge in [-0.3, -0.25) is 0 Å². The summed E-state index contributed by atoms with van der Waals surface area (Å²) in [4.78, 5) is 14.8. The second-order valence-corrected chi connectivity index (χ2v) is 9.39. The van der Waals surface area contributed by atoms with Crippen molar-refractivity contribution in [3.8, 4) is 10.8 Å². The molecule has 0 aliphatic heterocycles. The summed E-state index contributed by atoms with van der Waals surface area (Å²) in [5, 5.41) is 8.72. The first-order valence-corrected chi connectivity index (χ1v) is 12.7. The van der Waals surface area contributed by atoms with Gasteiger partial charge in [-0.1, -0.05) is 50.4 Å². The van der Waals surface area contributed by atoms with E-state index in [-0.39, 0.29) is 11.4 Å². The van der Waals surface area contributed by atoms with Crippen molar-refractivity contribution in [2.24, 2.45) is 10.2 Å². The molecule has 0 saturated carbocycles. The molecule has 0 atom stereocenters. The average molecular weight is 498 g/mol. The molecule has 0 unspecified atom stereocenters. The molecule has 0 N–H and O–H groups in total. The lowest BCUT2D eigenvalue weighted by atomic mass is 10.1. The van der Waals surface area contributed by atoms with Crippen molar-refractivity contribution in [1.82, 2.24) is 0 Å². The normalized spacial score (nSPS) is 11.1. The Hall–Kier alpha value is -3.26. The Bertz CT molecular complexity index is 1110. The molecule has 186 valence electrons. The van der Waals surface area contributed by atoms with Gasteiger partial charge in [-0.15, -0.1) is 5.11 Å². The second-order valence-electron chi connectivity index (χ2n) is 8.35. The molecule has 0 amide bonds. The molecule has 0 bridgehead atoms. The van der Waals surface area contributed by atoms with Gasteiger partial charge in [0, 0.05) is 25.8 Å². The fourth-order valence-corrected chi connectivity index (χ4v) is 4.04. The molecule has 35 heavy (non-hydrogen) atoms. The highest BCUT2D eigenvalue weighted by atomic mass is 32.1. The number of benzene rings is 2. The summed E-state index contributed by atoms with van der Waals surface area (Å²) in [5.41, 5.74) is 1.70. The molecule has 0 saturated heterocycles. The number of carbonyl (C=O) groups is 1. The number of thiophene rings is 1. The molecule has 0 radical (unpaired) electrons. The van der Waals surface area contributed by atoms with Crippen LogP contribution in [0.1, 0.15) is 55.1 Å². The van der Waals surface area contributed by atoms with E-state index >= 15 is 0 Å². The summed E-state index contributed by atoms with van der Waals surface area (Å²) in [6.07, 6.45) is 7.13. The number of nitrogens with zero attached hydrogens (tertiary/aromatic N) is 3. The van der Waals surface area contributed by atoms with E-state index < -0.39 is 11.8 Å². The van der Waals surface area contributed by atoms with Crippen LogP contribution in [-0.2, 0) is 0 Å². The van der Waals surface area contributed by atoms with Gasteiger partial charge in [0.2, 0.25) is 0 Å². The van der Waals surface area contributed by atoms with Gasteiger partial charge in [0.1, 0.15) is 16.3 Å². The van der Waals surface area contributed by atoms with E-state index in [1.54, 1.807) is 24.3 Å². The molecule has 8 heteroatoms. The van der Waals surface area contributed by atoms with E-state index in [1.165, 1.54) is 49.2 Å². The highest BCUT2D eigenvalue weighted by Gasteiger charge is 2.14. The Morgan fingerprint density at radius 2 is 1.69 bits per heavy atom. The van der Waals surface area contributed by atoms with Crippen LogP contribution in [-0.4, -0.2) is 26.7 Å². The highest BCUT2D eigenvalue weighted by molar-refractivity contribution is 7.15. The smallest absolute Gasteiger partial charge is 0.353 e. The quantitative estimate of drug-likeness (QED) is 0.103. The maximum Gasteiger partial charge on any atom is 0.353 e. The Kier molecular flexibility index (Phi) is 10.2. The topological polar surface area (TPSA) is 63.5 Å². The summed E-state index contributed by atoms with van der Waals surface area (Å²) in [6.45, 7) is 2.83. The van der Waals surface area contributed by atoms with Gasteiger partial charge in [-0.2, -0.15) is 5.11 Å². The van der Waals surface area contributed by atoms with Gasteiger partial charge in [0.25, 0.3) is 0 Å². The van der Waals surface area contributed by atoms with Crippen molar-refractivity contribution < 1.29 is 18.7 Å². The Morgan fingerprint density at radius 1 is 0.943 bits per heavy atom. The van der Waals surface area contributed by atoms with E-state index in [9.17, 15) is 9.18 Å². The minimum atomic E-state index is -0.627. The van der Waals surface area contributed by atoms with Crippen LogP contribution in [0.25, 0.3) is 0 Å². The molecule has 2 aromatic carbocycles. The first kappa shape index (κ1) is 26.3. The number of hydrogen-bond donors (Lipinski definition) is 0. The third-order valence-corrected chi connectivity index (χ3v) is 6.27. The molecule has 6 nitrogen and oxygen atoms in total. The van der Waals surface area contributed by atoms with Crippen LogP contribution in [0.4, 0.5) is 21.5 Å². The van der Waals surface area contributed by atoms with Crippen molar-refractivity contribution in [3.05, 3.63) is 65.3 Å².